The minimum atomic E-state index is 0.289. The summed E-state index contributed by atoms with van der Waals surface area (Å²) in [6.07, 6.45) is 3.24. The van der Waals surface area contributed by atoms with E-state index in [9.17, 15) is 0 Å². The van der Waals surface area contributed by atoms with Crippen molar-refractivity contribution in [3.63, 3.8) is 0 Å². The molecule has 86 valence electrons. The predicted molar refractivity (Wildman–Crippen MR) is 65.2 cm³/mol. The monoisotopic (exact) mass is 209 g/mol. The van der Waals surface area contributed by atoms with E-state index in [0.29, 0.717) is 0 Å². The Hall–Kier alpha value is -0.990. The minimum absolute atomic E-state index is 0.289. The molecule has 1 N–H and O–H groups in total. The normalized spacial score (nSPS) is 11.8. The summed E-state index contributed by atoms with van der Waals surface area (Å²) in [5.41, 5.74) is 1.37. The van der Waals surface area contributed by atoms with Crippen LogP contribution in [0.1, 0.15) is 39.8 Å². The summed E-state index contributed by atoms with van der Waals surface area (Å²) in [7, 11) is 0. The smallest absolute Gasteiger partial charge is 0.203 e. The van der Waals surface area contributed by atoms with E-state index in [0.717, 1.165) is 31.2 Å². The van der Waals surface area contributed by atoms with E-state index in [4.69, 9.17) is 0 Å². The molecule has 0 bridgehead atoms. The number of imidazole rings is 1. The Morgan fingerprint density at radius 1 is 1.40 bits per heavy atom. The van der Waals surface area contributed by atoms with Gasteiger partial charge in [0.1, 0.15) is 0 Å². The number of nitrogens with zero attached hydrogens (tertiary/aromatic N) is 2. The Labute approximate surface area is 92.9 Å². The third-order valence-electron chi connectivity index (χ3n) is 2.14. The van der Waals surface area contributed by atoms with Gasteiger partial charge in [0.05, 0.1) is 5.69 Å². The van der Waals surface area contributed by atoms with Gasteiger partial charge in [0, 0.05) is 19.3 Å². The van der Waals surface area contributed by atoms with Gasteiger partial charge in [-0.2, -0.15) is 0 Å². The van der Waals surface area contributed by atoms with Crippen LogP contribution in [-0.2, 0) is 6.54 Å². The molecule has 0 saturated heterocycles. The lowest BCUT2D eigenvalue weighted by Crippen LogP contribution is -2.21. The van der Waals surface area contributed by atoms with Crippen LogP contribution in [0, 0.1) is 12.3 Å². The number of aromatic nitrogens is 2. The fourth-order valence-electron chi connectivity index (χ4n) is 1.44. The molecule has 3 nitrogen and oxygen atoms in total. The average Bonchev–Trinajstić information content (AvgIpc) is 2.42. The first-order valence-electron chi connectivity index (χ1n) is 5.70. The first-order chi connectivity index (χ1) is 6.92. The molecule has 1 aromatic heterocycles. The largest absolute Gasteiger partial charge is 0.355 e. The summed E-state index contributed by atoms with van der Waals surface area (Å²) in [4.78, 5) is 4.48. The van der Waals surface area contributed by atoms with Gasteiger partial charge in [0.15, 0.2) is 0 Å². The second kappa shape index (κ2) is 4.69. The Morgan fingerprint density at radius 2 is 2.07 bits per heavy atom. The van der Waals surface area contributed by atoms with Crippen LogP contribution in [0.2, 0.25) is 0 Å². The highest BCUT2D eigenvalue weighted by atomic mass is 15.2. The molecule has 0 fully saturated rings. The Bertz CT molecular complexity index is 307. The maximum absolute atomic E-state index is 4.48. The van der Waals surface area contributed by atoms with Crippen molar-refractivity contribution in [1.29, 1.82) is 0 Å². The summed E-state index contributed by atoms with van der Waals surface area (Å²) in [5.74, 6) is 1.00. The van der Waals surface area contributed by atoms with Crippen LogP contribution in [0.5, 0.6) is 0 Å². The van der Waals surface area contributed by atoms with E-state index in [1.54, 1.807) is 0 Å². The molecule has 0 aromatic carbocycles. The zero-order valence-electron chi connectivity index (χ0n) is 10.6. The van der Waals surface area contributed by atoms with Crippen molar-refractivity contribution >= 4 is 5.95 Å². The molecule has 1 rings (SSSR count). The van der Waals surface area contributed by atoms with Crippen LogP contribution in [0.4, 0.5) is 5.95 Å². The van der Waals surface area contributed by atoms with Crippen LogP contribution in [0.25, 0.3) is 0 Å². The van der Waals surface area contributed by atoms with Crippen LogP contribution in [0.15, 0.2) is 6.20 Å². The molecular formula is C12H23N3. The second-order valence-corrected chi connectivity index (χ2v) is 5.31. The summed E-state index contributed by atoms with van der Waals surface area (Å²) < 4.78 is 2.20. The highest BCUT2D eigenvalue weighted by molar-refractivity contribution is 5.29. The molecule has 0 amide bonds. The molecule has 0 unspecified atom stereocenters. The van der Waals surface area contributed by atoms with Gasteiger partial charge in [0.25, 0.3) is 0 Å². The van der Waals surface area contributed by atoms with Gasteiger partial charge in [-0.05, 0) is 18.8 Å². The number of rotatable bonds is 4. The summed E-state index contributed by atoms with van der Waals surface area (Å²) >= 11 is 0. The molecular weight excluding hydrogens is 186 g/mol. The number of hydrogen-bond donors (Lipinski definition) is 1. The van der Waals surface area contributed by atoms with Crippen LogP contribution in [0.3, 0.4) is 0 Å². The van der Waals surface area contributed by atoms with Gasteiger partial charge in [0.2, 0.25) is 5.95 Å². The lowest BCUT2D eigenvalue weighted by molar-refractivity contribution is 0.440. The van der Waals surface area contributed by atoms with Crippen molar-refractivity contribution in [2.24, 2.45) is 5.41 Å². The fraction of sp³-hybridized carbons (Fsp3) is 0.750. The van der Waals surface area contributed by atoms with Gasteiger partial charge in [-0.15, -0.1) is 0 Å². The molecule has 0 saturated carbocycles. The maximum Gasteiger partial charge on any atom is 0.203 e. The number of aryl methyl sites for hydroxylation is 2. The second-order valence-electron chi connectivity index (χ2n) is 5.31. The van der Waals surface area contributed by atoms with Crippen molar-refractivity contribution in [3.8, 4) is 0 Å². The average molecular weight is 209 g/mol. The Kier molecular flexibility index (Phi) is 3.77. The van der Waals surface area contributed by atoms with Crippen molar-refractivity contribution in [2.75, 3.05) is 11.9 Å². The molecule has 0 aliphatic carbocycles. The van der Waals surface area contributed by atoms with Crippen LogP contribution in [-0.4, -0.2) is 16.1 Å². The van der Waals surface area contributed by atoms with Gasteiger partial charge in [-0.3, -0.25) is 0 Å². The van der Waals surface area contributed by atoms with E-state index < -0.39 is 0 Å². The molecule has 1 heterocycles. The van der Waals surface area contributed by atoms with E-state index in [2.05, 4.69) is 48.8 Å². The lowest BCUT2D eigenvalue weighted by Gasteiger charge is -2.19. The summed E-state index contributed by atoms with van der Waals surface area (Å²) in [5, 5.41) is 3.41. The SMILES string of the molecule is CCCn1cc(C)nc1NCC(C)(C)C. The lowest BCUT2D eigenvalue weighted by atomic mass is 9.97. The van der Waals surface area contributed by atoms with E-state index in [1.807, 2.05) is 6.92 Å². The summed E-state index contributed by atoms with van der Waals surface area (Å²) in [6.45, 7) is 12.9. The zero-order chi connectivity index (χ0) is 11.5. The first-order valence-corrected chi connectivity index (χ1v) is 5.70. The molecule has 3 heteroatoms. The third-order valence-corrected chi connectivity index (χ3v) is 2.14. The highest BCUT2D eigenvalue weighted by Gasteiger charge is 2.11. The molecule has 15 heavy (non-hydrogen) atoms. The Morgan fingerprint density at radius 3 is 2.60 bits per heavy atom. The third kappa shape index (κ3) is 3.94. The van der Waals surface area contributed by atoms with Crippen molar-refractivity contribution in [1.82, 2.24) is 9.55 Å². The molecule has 0 aliphatic heterocycles. The number of nitrogens with one attached hydrogen (secondary N) is 1. The number of hydrogen-bond acceptors (Lipinski definition) is 2. The maximum atomic E-state index is 4.48. The Balaban J connectivity index is 2.67. The molecule has 0 radical (unpaired) electrons. The fourth-order valence-corrected chi connectivity index (χ4v) is 1.44. The van der Waals surface area contributed by atoms with Gasteiger partial charge >= 0.3 is 0 Å². The molecule has 0 spiro atoms. The molecule has 0 aliphatic rings. The first kappa shape index (κ1) is 12.1. The zero-order valence-corrected chi connectivity index (χ0v) is 10.6. The molecule has 1 aromatic rings. The topological polar surface area (TPSA) is 29.9 Å². The van der Waals surface area contributed by atoms with Crippen molar-refractivity contribution in [2.45, 2.75) is 47.6 Å². The van der Waals surface area contributed by atoms with Gasteiger partial charge in [-0.1, -0.05) is 27.7 Å². The van der Waals surface area contributed by atoms with Crippen LogP contribution >= 0.6 is 0 Å². The highest BCUT2D eigenvalue weighted by Crippen LogP contribution is 2.15. The van der Waals surface area contributed by atoms with E-state index in [-0.39, 0.29) is 5.41 Å². The van der Waals surface area contributed by atoms with Crippen molar-refractivity contribution in [3.05, 3.63) is 11.9 Å². The minimum Gasteiger partial charge on any atom is -0.355 e. The predicted octanol–water partition coefficient (Wildman–Crippen LogP) is 3.06. The van der Waals surface area contributed by atoms with E-state index in [1.165, 1.54) is 0 Å². The standard InChI is InChI=1S/C12H23N3/c1-6-7-15-8-10(2)14-11(15)13-9-12(3,4)5/h8H,6-7,9H2,1-5H3,(H,13,14). The molecule has 0 atom stereocenters. The van der Waals surface area contributed by atoms with Gasteiger partial charge in [-0.25, -0.2) is 4.98 Å². The summed E-state index contributed by atoms with van der Waals surface area (Å²) in [6, 6.07) is 0. The quantitative estimate of drug-likeness (QED) is 0.826. The van der Waals surface area contributed by atoms with Crippen LogP contribution < -0.4 is 5.32 Å². The van der Waals surface area contributed by atoms with Gasteiger partial charge < -0.3 is 9.88 Å². The van der Waals surface area contributed by atoms with E-state index >= 15 is 0 Å². The van der Waals surface area contributed by atoms with Crippen molar-refractivity contribution < 1.29 is 0 Å². The number of anilines is 1.